The lowest BCUT2D eigenvalue weighted by Gasteiger charge is -2.17. The molecular formula is C11H15NO. The van der Waals surface area contributed by atoms with E-state index in [2.05, 4.69) is 0 Å². The minimum atomic E-state index is -0.0533. The fourth-order valence-electron chi connectivity index (χ4n) is 1.08. The third-order valence-corrected chi connectivity index (χ3v) is 2.21. The van der Waals surface area contributed by atoms with Crippen molar-refractivity contribution in [2.75, 3.05) is 14.1 Å². The molecule has 0 bridgehead atoms. The van der Waals surface area contributed by atoms with Gasteiger partial charge in [0.2, 0.25) is 0 Å². The van der Waals surface area contributed by atoms with Crippen LogP contribution in [-0.4, -0.2) is 30.8 Å². The van der Waals surface area contributed by atoms with Crippen LogP contribution < -0.4 is 0 Å². The van der Waals surface area contributed by atoms with Crippen LogP contribution in [0.1, 0.15) is 17.3 Å². The summed E-state index contributed by atoms with van der Waals surface area (Å²) in [6.45, 7) is 1.91. The number of Topliss-reactive ketones (excluding diaryl/α,β-unsaturated/α-hetero) is 1. The van der Waals surface area contributed by atoms with Gasteiger partial charge in [-0.25, -0.2) is 0 Å². The first-order valence-corrected chi connectivity index (χ1v) is 4.38. The van der Waals surface area contributed by atoms with Crippen LogP contribution in [0.4, 0.5) is 0 Å². The van der Waals surface area contributed by atoms with Crippen molar-refractivity contribution in [2.24, 2.45) is 0 Å². The van der Waals surface area contributed by atoms with Gasteiger partial charge in [0.1, 0.15) is 0 Å². The summed E-state index contributed by atoms with van der Waals surface area (Å²) in [5.41, 5.74) is 0.781. The van der Waals surface area contributed by atoms with Crippen LogP contribution >= 0.6 is 0 Å². The molecule has 0 radical (unpaired) electrons. The average molecular weight is 177 g/mol. The Morgan fingerprint density at radius 1 is 1.23 bits per heavy atom. The topological polar surface area (TPSA) is 20.3 Å². The van der Waals surface area contributed by atoms with Crippen LogP contribution in [0.2, 0.25) is 0 Å². The van der Waals surface area contributed by atoms with Crippen LogP contribution in [0.25, 0.3) is 0 Å². The molecule has 2 heteroatoms. The highest BCUT2D eigenvalue weighted by Crippen LogP contribution is 2.05. The van der Waals surface area contributed by atoms with Crippen molar-refractivity contribution in [1.82, 2.24) is 4.90 Å². The van der Waals surface area contributed by atoms with Crippen molar-refractivity contribution in [2.45, 2.75) is 13.0 Å². The first kappa shape index (κ1) is 9.93. The Labute approximate surface area is 79.2 Å². The molecule has 0 spiro atoms. The van der Waals surface area contributed by atoms with E-state index in [-0.39, 0.29) is 11.8 Å². The second-order valence-electron chi connectivity index (χ2n) is 3.37. The highest BCUT2D eigenvalue weighted by atomic mass is 16.1. The van der Waals surface area contributed by atoms with E-state index < -0.39 is 0 Å². The summed E-state index contributed by atoms with van der Waals surface area (Å²) in [7, 11) is 3.82. The fraction of sp³-hybridized carbons (Fsp3) is 0.364. The summed E-state index contributed by atoms with van der Waals surface area (Å²) in [6.07, 6.45) is 0. The first-order valence-electron chi connectivity index (χ1n) is 4.38. The Balaban J connectivity index is 2.80. The standard InChI is InChI=1S/C11H15NO/c1-9(12(2)3)11(13)10-7-5-4-6-8-10/h4-9H,1-3H3/t9-/m1/s1. The number of likely N-dealkylation sites (N-methyl/N-ethyl adjacent to an activating group) is 1. The van der Waals surface area contributed by atoms with Crippen molar-refractivity contribution < 1.29 is 4.79 Å². The lowest BCUT2D eigenvalue weighted by Crippen LogP contribution is -2.32. The van der Waals surface area contributed by atoms with E-state index in [1.165, 1.54) is 0 Å². The first-order chi connectivity index (χ1) is 6.13. The molecular weight excluding hydrogens is 162 g/mol. The van der Waals surface area contributed by atoms with Crippen molar-refractivity contribution in [3.8, 4) is 0 Å². The fourth-order valence-corrected chi connectivity index (χ4v) is 1.08. The lowest BCUT2D eigenvalue weighted by atomic mass is 10.1. The summed E-state index contributed by atoms with van der Waals surface area (Å²) in [4.78, 5) is 13.7. The summed E-state index contributed by atoms with van der Waals surface area (Å²) in [5, 5.41) is 0. The van der Waals surface area contributed by atoms with Gasteiger partial charge < -0.3 is 0 Å². The molecule has 0 unspecified atom stereocenters. The van der Waals surface area contributed by atoms with Crippen LogP contribution in [0.15, 0.2) is 30.3 Å². The number of ketones is 1. The normalized spacial score (nSPS) is 12.9. The minimum absolute atomic E-state index is 0.0533. The summed E-state index contributed by atoms with van der Waals surface area (Å²) < 4.78 is 0. The van der Waals surface area contributed by atoms with Gasteiger partial charge in [-0.05, 0) is 21.0 Å². The van der Waals surface area contributed by atoms with Crippen LogP contribution in [0, 0.1) is 0 Å². The number of rotatable bonds is 3. The molecule has 0 fully saturated rings. The molecule has 0 heterocycles. The largest absolute Gasteiger partial charge is 0.300 e. The second-order valence-corrected chi connectivity index (χ2v) is 3.37. The number of benzene rings is 1. The van der Waals surface area contributed by atoms with Gasteiger partial charge in [0.15, 0.2) is 5.78 Å². The van der Waals surface area contributed by atoms with E-state index in [1.807, 2.05) is 56.3 Å². The van der Waals surface area contributed by atoms with Gasteiger partial charge in [-0.3, -0.25) is 9.69 Å². The predicted octanol–water partition coefficient (Wildman–Crippen LogP) is 1.82. The highest BCUT2D eigenvalue weighted by molar-refractivity contribution is 5.99. The summed E-state index contributed by atoms with van der Waals surface area (Å²) in [6, 6.07) is 9.33. The van der Waals surface area contributed by atoms with E-state index in [0.29, 0.717) is 0 Å². The highest BCUT2D eigenvalue weighted by Gasteiger charge is 2.15. The van der Waals surface area contributed by atoms with E-state index in [0.717, 1.165) is 5.56 Å². The maximum absolute atomic E-state index is 11.7. The Morgan fingerprint density at radius 3 is 2.23 bits per heavy atom. The van der Waals surface area contributed by atoms with Gasteiger partial charge in [0.25, 0.3) is 0 Å². The molecule has 0 saturated carbocycles. The van der Waals surface area contributed by atoms with E-state index in [1.54, 1.807) is 0 Å². The summed E-state index contributed by atoms with van der Waals surface area (Å²) >= 11 is 0. The van der Waals surface area contributed by atoms with Crippen LogP contribution in [0.3, 0.4) is 0 Å². The van der Waals surface area contributed by atoms with Gasteiger partial charge in [-0.2, -0.15) is 0 Å². The smallest absolute Gasteiger partial charge is 0.179 e. The molecule has 1 atom stereocenters. The lowest BCUT2D eigenvalue weighted by molar-refractivity contribution is 0.0890. The molecule has 70 valence electrons. The molecule has 0 aliphatic heterocycles. The Bertz CT molecular complexity index is 279. The molecule has 13 heavy (non-hydrogen) atoms. The zero-order chi connectivity index (χ0) is 9.84. The zero-order valence-corrected chi connectivity index (χ0v) is 8.32. The van der Waals surface area contributed by atoms with E-state index >= 15 is 0 Å². The molecule has 0 aliphatic carbocycles. The Kier molecular flexibility index (Phi) is 3.20. The Morgan fingerprint density at radius 2 is 1.77 bits per heavy atom. The maximum Gasteiger partial charge on any atom is 0.179 e. The molecule has 1 rings (SSSR count). The summed E-state index contributed by atoms with van der Waals surface area (Å²) in [5.74, 6) is 0.172. The van der Waals surface area contributed by atoms with Crippen LogP contribution in [-0.2, 0) is 0 Å². The minimum Gasteiger partial charge on any atom is -0.300 e. The van der Waals surface area contributed by atoms with Crippen molar-refractivity contribution in [3.63, 3.8) is 0 Å². The number of carbonyl (C=O) groups is 1. The van der Waals surface area contributed by atoms with Gasteiger partial charge in [0.05, 0.1) is 6.04 Å². The average Bonchev–Trinajstić information content (AvgIpc) is 2.17. The van der Waals surface area contributed by atoms with Gasteiger partial charge in [-0.15, -0.1) is 0 Å². The number of hydrogen-bond donors (Lipinski definition) is 0. The molecule has 0 amide bonds. The molecule has 1 aromatic rings. The second kappa shape index (κ2) is 4.19. The predicted molar refractivity (Wildman–Crippen MR) is 53.9 cm³/mol. The zero-order valence-electron chi connectivity index (χ0n) is 8.32. The maximum atomic E-state index is 11.7. The molecule has 2 nitrogen and oxygen atoms in total. The number of carbonyl (C=O) groups excluding carboxylic acids is 1. The number of nitrogens with zero attached hydrogens (tertiary/aromatic N) is 1. The molecule has 1 aromatic carbocycles. The number of hydrogen-bond acceptors (Lipinski definition) is 2. The monoisotopic (exact) mass is 177 g/mol. The van der Waals surface area contributed by atoms with Crippen molar-refractivity contribution in [1.29, 1.82) is 0 Å². The quantitative estimate of drug-likeness (QED) is 0.656. The molecule has 0 N–H and O–H groups in total. The van der Waals surface area contributed by atoms with E-state index in [4.69, 9.17) is 0 Å². The van der Waals surface area contributed by atoms with Gasteiger partial charge in [-0.1, -0.05) is 30.3 Å². The Hall–Kier alpha value is -1.15. The van der Waals surface area contributed by atoms with Crippen molar-refractivity contribution >= 4 is 5.78 Å². The van der Waals surface area contributed by atoms with Gasteiger partial charge >= 0.3 is 0 Å². The third kappa shape index (κ3) is 2.39. The van der Waals surface area contributed by atoms with Crippen LogP contribution in [0.5, 0.6) is 0 Å². The SMILES string of the molecule is C[C@H](C(=O)c1ccccc1)N(C)C. The molecule has 0 aliphatic rings. The molecule has 0 saturated heterocycles. The van der Waals surface area contributed by atoms with E-state index in [9.17, 15) is 4.79 Å². The van der Waals surface area contributed by atoms with Crippen molar-refractivity contribution in [3.05, 3.63) is 35.9 Å². The van der Waals surface area contributed by atoms with Gasteiger partial charge in [0, 0.05) is 5.56 Å². The molecule has 0 aromatic heterocycles. The third-order valence-electron chi connectivity index (χ3n) is 2.21.